The summed E-state index contributed by atoms with van der Waals surface area (Å²) in [5, 5.41) is 3.93. The lowest BCUT2D eigenvalue weighted by molar-refractivity contribution is 0.589. The summed E-state index contributed by atoms with van der Waals surface area (Å²) in [6, 6.07) is 56.3. The first-order valence-electron chi connectivity index (χ1n) is 24.1. The van der Waals surface area contributed by atoms with Crippen LogP contribution in [0.1, 0.15) is 90.1 Å². The van der Waals surface area contributed by atoms with Crippen molar-refractivity contribution < 1.29 is 0 Å². The highest BCUT2D eigenvalue weighted by molar-refractivity contribution is 7.33. The maximum atomic E-state index is 2.71. The predicted molar refractivity (Wildman–Crippen MR) is 303 cm³/mol. The zero-order valence-electron chi connectivity index (χ0n) is 41.1. The van der Waals surface area contributed by atoms with Crippen molar-refractivity contribution in [3.63, 3.8) is 0 Å². The molecule has 2 aliphatic heterocycles. The Kier molecular flexibility index (Phi) is 9.75. The Morgan fingerprint density at radius 2 is 0.971 bits per heavy atom. The molecule has 7 aromatic carbocycles. The Balaban J connectivity index is 1.17. The smallest absolute Gasteiger partial charge is 0.264 e. The molecular weight excluding hydrogens is 880 g/mol. The molecule has 6 heteroatoms. The first-order chi connectivity index (χ1) is 32.4. The second-order valence-electron chi connectivity index (χ2n) is 22.4. The highest BCUT2D eigenvalue weighted by Crippen LogP contribution is 2.52. The van der Waals surface area contributed by atoms with Crippen LogP contribution in [0.25, 0.3) is 51.1 Å². The van der Waals surface area contributed by atoms with Crippen LogP contribution < -0.4 is 25.5 Å². The van der Waals surface area contributed by atoms with E-state index in [0.29, 0.717) is 0 Å². The van der Waals surface area contributed by atoms with Crippen molar-refractivity contribution in [3.05, 3.63) is 173 Å². The molecule has 0 N–H and O–H groups in total. The number of nitrogens with zero attached hydrogens (tertiary/aromatic N) is 2. The minimum atomic E-state index is -0.120. The number of fused-ring (bicyclic) bond motifs is 8. The molecule has 0 saturated heterocycles. The summed E-state index contributed by atoms with van der Waals surface area (Å²) in [4.78, 5) is 7.91. The van der Waals surface area contributed by atoms with Gasteiger partial charge in [-0.3, -0.25) is 0 Å². The quantitative estimate of drug-likeness (QED) is 0.162. The van der Waals surface area contributed by atoms with Crippen LogP contribution >= 0.6 is 34.0 Å². The normalized spacial score (nSPS) is 13.7. The molecule has 2 aliphatic rings. The molecular formula is C62H57BN2S3. The van der Waals surface area contributed by atoms with Gasteiger partial charge in [0.15, 0.2) is 0 Å². The minimum Gasteiger partial charge on any atom is -0.311 e. The SMILES string of the molecule is Cc1cc(C(C)(C)C)cc(C)c1N1c2cc(C(C)(C)C)cc3c2B(c2cc(-c4cc5ccccc5s4)ccc2N3c2ccc(-c3cc4ccccc4s3)cc2)c2sc3ccc(C(C)(C)C)cc3c21. The van der Waals surface area contributed by atoms with Gasteiger partial charge in [-0.15, -0.1) is 34.0 Å². The van der Waals surface area contributed by atoms with Gasteiger partial charge < -0.3 is 9.80 Å². The summed E-state index contributed by atoms with van der Waals surface area (Å²) in [5.41, 5.74) is 19.4. The van der Waals surface area contributed by atoms with Gasteiger partial charge in [-0.05, 0) is 157 Å². The average molecular weight is 937 g/mol. The number of hydrogen-bond acceptors (Lipinski definition) is 5. The molecule has 0 spiro atoms. The third-order valence-corrected chi connectivity index (χ3v) is 18.1. The van der Waals surface area contributed by atoms with Crippen molar-refractivity contribution in [3.8, 4) is 20.9 Å². The molecule has 0 radical (unpaired) electrons. The lowest BCUT2D eigenvalue weighted by Gasteiger charge is -2.45. The fourth-order valence-electron chi connectivity index (χ4n) is 10.8. The third kappa shape index (κ3) is 6.92. The van der Waals surface area contributed by atoms with E-state index in [0.717, 1.165) is 0 Å². The molecule has 0 unspecified atom stereocenters. The van der Waals surface area contributed by atoms with Crippen LogP contribution in [0, 0.1) is 13.8 Å². The summed E-state index contributed by atoms with van der Waals surface area (Å²) in [5.74, 6) is 0. The molecule has 0 saturated carbocycles. The fraction of sp³-hybridized carbons (Fsp3) is 0.226. The fourth-order valence-corrected chi connectivity index (χ4v) is 14.2. The van der Waals surface area contributed by atoms with Crippen LogP contribution in [0.5, 0.6) is 0 Å². The molecule has 0 amide bonds. The van der Waals surface area contributed by atoms with Crippen molar-refractivity contribution >= 4 is 121 Å². The Bertz CT molecular complexity index is 3590. The van der Waals surface area contributed by atoms with Crippen LogP contribution in [0.2, 0.25) is 0 Å². The standard InChI is InChI=1S/C62H57BN2S3/c1-36-28-43(61(6,7)8)29-37(2)57(36)65-50-35-44(62(9,10)11)34-49-56(50)63(59-58(65)46-33-42(60(3,4)5)23-27-53(46)68-59)47-30-41(55-32-40-17-13-15-19-52(40)67-55)22-26-48(47)64(49)45-24-20-38(21-25-45)54-31-39-16-12-14-18-51(39)66-54/h12-35H,1-11H3. The molecule has 336 valence electrons. The highest BCUT2D eigenvalue weighted by atomic mass is 32.1. The molecule has 0 atom stereocenters. The van der Waals surface area contributed by atoms with E-state index < -0.39 is 0 Å². The van der Waals surface area contributed by atoms with Crippen molar-refractivity contribution in [2.75, 3.05) is 9.80 Å². The van der Waals surface area contributed by atoms with E-state index in [1.807, 2.05) is 34.0 Å². The number of aryl methyl sites for hydroxylation is 2. The van der Waals surface area contributed by atoms with Gasteiger partial charge >= 0.3 is 0 Å². The number of anilines is 6. The minimum absolute atomic E-state index is 0.00319. The number of hydrogen-bond donors (Lipinski definition) is 0. The van der Waals surface area contributed by atoms with E-state index >= 15 is 0 Å². The highest BCUT2D eigenvalue weighted by Gasteiger charge is 2.46. The molecule has 12 rings (SSSR count). The largest absolute Gasteiger partial charge is 0.311 e. The number of thiophene rings is 3. The van der Waals surface area contributed by atoms with Crippen molar-refractivity contribution in [1.29, 1.82) is 0 Å². The lowest BCUT2D eigenvalue weighted by atomic mass is 9.36. The molecule has 68 heavy (non-hydrogen) atoms. The van der Waals surface area contributed by atoms with Gasteiger partial charge in [-0.1, -0.05) is 141 Å². The third-order valence-electron chi connectivity index (χ3n) is 14.5. The Morgan fingerprint density at radius 3 is 1.56 bits per heavy atom. The second-order valence-corrected chi connectivity index (χ2v) is 25.6. The van der Waals surface area contributed by atoms with E-state index in [-0.39, 0.29) is 23.0 Å². The van der Waals surface area contributed by atoms with Crippen LogP contribution in [-0.2, 0) is 16.2 Å². The van der Waals surface area contributed by atoms with Crippen LogP contribution in [0.4, 0.5) is 34.1 Å². The van der Waals surface area contributed by atoms with Gasteiger partial charge in [0.2, 0.25) is 0 Å². The Hall–Kier alpha value is -5.92. The molecule has 0 fully saturated rings. The van der Waals surface area contributed by atoms with Crippen LogP contribution in [0.15, 0.2) is 146 Å². The van der Waals surface area contributed by atoms with Crippen LogP contribution in [-0.4, -0.2) is 6.71 Å². The second kappa shape index (κ2) is 15.3. The van der Waals surface area contributed by atoms with Crippen molar-refractivity contribution in [2.24, 2.45) is 0 Å². The summed E-state index contributed by atoms with van der Waals surface area (Å²) in [6.07, 6.45) is 0. The maximum Gasteiger partial charge on any atom is 0.264 e. The summed E-state index contributed by atoms with van der Waals surface area (Å²) >= 11 is 5.76. The van der Waals surface area contributed by atoms with Gasteiger partial charge in [-0.2, -0.15) is 0 Å². The van der Waals surface area contributed by atoms with E-state index in [4.69, 9.17) is 0 Å². The van der Waals surface area contributed by atoms with E-state index in [2.05, 4.69) is 232 Å². The van der Waals surface area contributed by atoms with E-state index in [1.165, 1.54) is 129 Å². The molecule has 2 nitrogen and oxygen atoms in total. The monoisotopic (exact) mass is 936 g/mol. The van der Waals surface area contributed by atoms with Gasteiger partial charge in [0.1, 0.15) is 0 Å². The molecule has 5 heterocycles. The zero-order valence-corrected chi connectivity index (χ0v) is 43.5. The van der Waals surface area contributed by atoms with E-state index in [1.54, 1.807) is 0 Å². The lowest BCUT2D eigenvalue weighted by Crippen LogP contribution is -2.60. The van der Waals surface area contributed by atoms with Gasteiger partial charge in [0, 0.05) is 56.8 Å². The van der Waals surface area contributed by atoms with Crippen LogP contribution in [0.3, 0.4) is 0 Å². The zero-order chi connectivity index (χ0) is 47.2. The summed E-state index contributed by atoms with van der Waals surface area (Å²) in [6.45, 7) is 25.9. The van der Waals surface area contributed by atoms with Gasteiger partial charge in [0.05, 0.1) is 11.4 Å². The average Bonchev–Trinajstić information content (AvgIpc) is 4.04. The first-order valence-corrected chi connectivity index (χ1v) is 26.5. The van der Waals surface area contributed by atoms with Crippen molar-refractivity contribution in [1.82, 2.24) is 0 Å². The van der Waals surface area contributed by atoms with Gasteiger partial charge in [0.25, 0.3) is 6.71 Å². The summed E-state index contributed by atoms with van der Waals surface area (Å²) in [7, 11) is 0. The molecule has 10 aromatic rings. The summed E-state index contributed by atoms with van der Waals surface area (Å²) < 4.78 is 5.39. The first kappa shape index (κ1) is 43.4. The van der Waals surface area contributed by atoms with Gasteiger partial charge in [-0.25, -0.2) is 0 Å². The molecule has 0 aliphatic carbocycles. The topological polar surface area (TPSA) is 6.48 Å². The Labute approximate surface area is 414 Å². The van der Waals surface area contributed by atoms with Crippen molar-refractivity contribution in [2.45, 2.75) is 92.4 Å². The molecule has 3 aromatic heterocycles. The Morgan fingerprint density at radius 1 is 0.426 bits per heavy atom. The number of benzene rings is 7. The molecule has 0 bridgehead atoms. The predicted octanol–water partition coefficient (Wildman–Crippen LogP) is 17.3. The van der Waals surface area contributed by atoms with E-state index in [9.17, 15) is 0 Å². The number of rotatable bonds is 4. The maximum absolute atomic E-state index is 2.71.